The maximum absolute atomic E-state index is 13.6. The zero-order valence-corrected chi connectivity index (χ0v) is 20.5. The second-order valence-corrected chi connectivity index (χ2v) is 10.5. The van der Waals surface area contributed by atoms with Crippen molar-refractivity contribution in [1.82, 2.24) is 19.7 Å². The Balaban J connectivity index is 1.28. The molecular formula is C26H33ClFN5O. The molecule has 1 N–H and O–H groups in total. The van der Waals surface area contributed by atoms with E-state index >= 15 is 0 Å². The molecule has 2 aliphatic carbocycles. The third-order valence-electron chi connectivity index (χ3n) is 8.02. The van der Waals surface area contributed by atoms with Gasteiger partial charge in [-0.25, -0.2) is 9.18 Å². The maximum atomic E-state index is 13.6. The van der Waals surface area contributed by atoms with Crippen LogP contribution in [-0.2, 0) is 5.41 Å². The number of rotatable bonds is 7. The molecule has 3 fully saturated rings. The van der Waals surface area contributed by atoms with Crippen molar-refractivity contribution >= 4 is 23.3 Å². The number of halogens is 2. The molecule has 2 amide bonds. The number of amides is 2. The summed E-state index contributed by atoms with van der Waals surface area (Å²) in [6.07, 6.45) is 7.92. The second-order valence-electron chi connectivity index (χ2n) is 10.1. The fourth-order valence-electron chi connectivity index (χ4n) is 5.96. The van der Waals surface area contributed by atoms with Crippen molar-refractivity contribution in [3.05, 3.63) is 59.1 Å². The van der Waals surface area contributed by atoms with Crippen molar-refractivity contribution in [2.24, 2.45) is 5.92 Å². The number of carbonyl (C=O) groups is 1. The van der Waals surface area contributed by atoms with Crippen molar-refractivity contribution in [2.75, 3.05) is 51.6 Å². The molecule has 0 spiro atoms. The van der Waals surface area contributed by atoms with Crippen LogP contribution in [0, 0.1) is 11.7 Å². The predicted molar refractivity (Wildman–Crippen MR) is 133 cm³/mol. The van der Waals surface area contributed by atoms with Crippen LogP contribution in [0.4, 0.5) is 14.9 Å². The Hall–Kier alpha value is -2.22. The Kier molecular flexibility index (Phi) is 6.78. The lowest BCUT2D eigenvalue weighted by Gasteiger charge is -2.34. The summed E-state index contributed by atoms with van der Waals surface area (Å²) in [6, 6.07) is 8.58. The monoisotopic (exact) mass is 485 g/mol. The molecular weight excluding hydrogens is 453 g/mol. The first-order chi connectivity index (χ1) is 16.5. The standard InChI is InChI=1S/C26H33ClFN5O/c1-31-12-14-32(15-13-31)10-3-11-33(25(34)30-20-5-6-23(28)22(27)16-20)24-7-8-26(17-21(24)26)19-4-2-9-29-18-19/h2,4-6,9,16,18,21,24H,3,7-8,10-15,17H2,1H3,(H,30,34)/t21-,24-,26-/m1/s1. The quantitative estimate of drug-likeness (QED) is 0.629. The zero-order valence-electron chi connectivity index (χ0n) is 19.7. The third-order valence-corrected chi connectivity index (χ3v) is 8.31. The number of hydrogen-bond acceptors (Lipinski definition) is 4. The highest BCUT2D eigenvalue weighted by atomic mass is 35.5. The lowest BCUT2D eigenvalue weighted by Crippen LogP contribution is -2.47. The Morgan fingerprint density at radius 3 is 2.82 bits per heavy atom. The molecule has 182 valence electrons. The minimum atomic E-state index is -0.487. The van der Waals surface area contributed by atoms with Gasteiger partial charge in [-0.05, 0) is 75.0 Å². The Labute approximate surface area is 206 Å². The molecule has 0 radical (unpaired) electrons. The molecule has 3 aliphatic rings. The lowest BCUT2D eigenvalue weighted by atomic mass is 9.95. The highest BCUT2D eigenvalue weighted by Crippen LogP contribution is 2.65. The number of urea groups is 1. The predicted octanol–water partition coefficient (Wildman–Crippen LogP) is 4.47. The van der Waals surface area contributed by atoms with Crippen molar-refractivity contribution < 1.29 is 9.18 Å². The maximum Gasteiger partial charge on any atom is 0.322 e. The molecule has 1 aromatic heterocycles. The van der Waals surface area contributed by atoms with Crippen LogP contribution in [0.1, 0.15) is 31.2 Å². The van der Waals surface area contributed by atoms with E-state index in [1.807, 2.05) is 23.4 Å². The van der Waals surface area contributed by atoms with Gasteiger partial charge in [0.25, 0.3) is 0 Å². The number of hydrogen-bond donors (Lipinski definition) is 1. The lowest BCUT2D eigenvalue weighted by molar-refractivity contribution is 0.140. The van der Waals surface area contributed by atoms with Crippen LogP contribution < -0.4 is 5.32 Å². The molecule has 0 unspecified atom stereocenters. The van der Waals surface area contributed by atoms with Crippen LogP contribution in [0.2, 0.25) is 5.02 Å². The van der Waals surface area contributed by atoms with E-state index in [2.05, 4.69) is 33.2 Å². The van der Waals surface area contributed by atoms with Crippen LogP contribution in [0.5, 0.6) is 0 Å². The van der Waals surface area contributed by atoms with Gasteiger partial charge < -0.3 is 20.0 Å². The van der Waals surface area contributed by atoms with E-state index < -0.39 is 5.82 Å². The summed E-state index contributed by atoms with van der Waals surface area (Å²) in [5.74, 6) is -0.0263. The number of carbonyl (C=O) groups excluding carboxylic acids is 1. The summed E-state index contributed by atoms with van der Waals surface area (Å²) >= 11 is 5.95. The summed E-state index contributed by atoms with van der Waals surface area (Å²) in [4.78, 5) is 24.7. The van der Waals surface area contributed by atoms with Gasteiger partial charge in [0.1, 0.15) is 5.82 Å². The van der Waals surface area contributed by atoms with Gasteiger partial charge in [0.05, 0.1) is 5.02 Å². The number of likely N-dealkylation sites (N-methyl/N-ethyl adjacent to an activating group) is 1. The van der Waals surface area contributed by atoms with E-state index in [9.17, 15) is 9.18 Å². The highest BCUT2D eigenvalue weighted by Gasteiger charge is 2.64. The topological polar surface area (TPSA) is 51.7 Å². The number of nitrogens with zero attached hydrogens (tertiary/aromatic N) is 4. The van der Waals surface area contributed by atoms with Crippen LogP contribution in [0.15, 0.2) is 42.7 Å². The largest absolute Gasteiger partial charge is 0.322 e. The molecule has 2 aromatic rings. The summed E-state index contributed by atoms with van der Waals surface area (Å²) in [5.41, 5.74) is 1.98. The number of fused-ring (bicyclic) bond motifs is 1. The van der Waals surface area contributed by atoms with Gasteiger partial charge in [-0.15, -0.1) is 0 Å². The van der Waals surface area contributed by atoms with Gasteiger partial charge >= 0.3 is 6.03 Å². The number of pyridine rings is 1. The van der Waals surface area contributed by atoms with Gasteiger partial charge in [0.15, 0.2) is 0 Å². The van der Waals surface area contributed by atoms with Gasteiger partial charge in [-0.3, -0.25) is 4.98 Å². The van der Waals surface area contributed by atoms with Crippen molar-refractivity contribution in [3.8, 4) is 0 Å². The minimum absolute atomic E-state index is 0.0121. The van der Waals surface area contributed by atoms with Gasteiger partial charge in [-0.1, -0.05) is 17.7 Å². The van der Waals surface area contributed by atoms with E-state index in [-0.39, 0.29) is 22.5 Å². The van der Waals surface area contributed by atoms with E-state index in [4.69, 9.17) is 11.6 Å². The molecule has 1 saturated heterocycles. The number of anilines is 1. The number of piperazine rings is 1. The molecule has 1 aliphatic heterocycles. The summed E-state index contributed by atoms with van der Waals surface area (Å²) < 4.78 is 13.6. The Morgan fingerprint density at radius 1 is 1.29 bits per heavy atom. The second kappa shape index (κ2) is 9.80. The SMILES string of the molecule is CN1CCN(CCCN(C(=O)Nc2ccc(F)c(Cl)c2)[C@@H]2CC[C@]3(c4cccnc4)C[C@H]23)CC1. The molecule has 5 rings (SSSR count). The number of benzene rings is 1. The van der Waals surface area contributed by atoms with Gasteiger partial charge in [0.2, 0.25) is 0 Å². The molecule has 2 saturated carbocycles. The van der Waals surface area contributed by atoms with E-state index in [0.29, 0.717) is 18.2 Å². The Morgan fingerprint density at radius 2 is 2.12 bits per heavy atom. The molecule has 1 aromatic carbocycles. The highest BCUT2D eigenvalue weighted by molar-refractivity contribution is 6.31. The number of aromatic nitrogens is 1. The fourth-order valence-corrected chi connectivity index (χ4v) is 6.14. The van der Waals surface area contributed by atoms with Crippen LogP contribution in [0.3, 0.4) is 0 Å². The summed E-state index contributed by atoms with van der Waals surface area (Å²) in [6.45, 7) is 6.03. The normalized spacial score (nSPS) is 26.8. The van der Waals surface area contributed by atoms with Gasteiger partial charge in [-0.2, -0.15) is 0 Å². The average molecular weight is 486 g/mol. The van der Waals surface area contributed by atoms with E-state index in [0.717, 1.165) is 58.4 Å². The summed E-state index contributed by atoms with van der Waals surface area (Å²) in [5, 5.41) is 2.99. The molecule has 2 heterocycles. The molecule has 0 bridgehead atoms. The first kappa shape index (κ1) is 23.5. The molecule has 6 nitrogen and oxygen atoms in total. The zero-order chi connectivity index (χ0) is 23.7. The van der Waals surface area contributed by atoms with E-state index in [1.54, 1.807) is 6.07 Å². The van der Waals surface area contributed by atoms with Crippen molar-refractivity contribution in [1.29, 1.82) is 0 Å². The fraction of sp³-hybridized carbons (Fsp3) is 0.538. The molecule has 34 heavy (non-hydrogen) atoms. The first-order valence-electron chi connectivity index (χ1n) is 12.3. The van der Waals surface area contributed by atoms with Crippen LogP contribution >= 0.6 is 11.6 Å². The van der Waals surface area contributed by atoms with Crippen LogP contribution in [0.25, 0.3) is 0 Å². The summed E-state index contributed by atoms with van der Waals surface area (Å²) in [7, 11) is 2.16. The first-order valence-corrected chi connectivity index (χ1v) is 12.7. The number of nitrogens with one attached hydrogen (secondary N) is 1. The third kappa shape index (κ3) is 4.79. The van der Waals surface area contributed by atoms with Crippen molar-refractivity contribution in [3.63, 3.8) is 0 Å². The minimum Gasteiger partial charge on any atom is -0.321 e. The molecule has 8 heteroatoms. The Bertz CT molecular complexity index is 1020. The van der Waals surface area contributed by atoms with Crippen molar-refractivity contribution in [2.45, 2.75) is 37.1 Å². The average Bonchev–Trinajstić information content (AvgIpc) is 3.47. The van der Waals surface area contributed by atoms with Crippen LogP contribution in [-0.4, -0.2) is 78.1 Å². The smallest absolute Gasteiger partial charge is 0.321 e. The van der Waals surface area contributed by atoms with E-state index in [1.165, 1.54) is 17.7 Å². The van der Waals surface area contributed by atoms with Gasteiger partial charge in [0, 0.05) is 62.3 Å². The molecule has 3 atom stereocenters.